The molecule has 1 radical (unpaired) electrons. The first-order valence-electron chi connectivity index (χ1n) is 0.783. The summed E-state index contributed by atoms with van der Waals surface area (Å²) in [5, 5.41) is 0. The number of phosphoric acid groups is 1. The summed E-state index contributed by atoms with van der Waals surface area (Å²) in [5.41, 5.74) is 0. The molecule has 7 heteroatoms. The minimum atomic E-state index is -4.64. The average Bonchev–Trinajstić information content (AvgIpc) is 0.722. The van der Waals surface area contributed by atoms with Gasteiger partial charge in [-0.1, -0.05) is 0 Å². The molecule has 0 spiro atoms. The SMILES string of the molecule is O=P(O)(O)O.[Nb].[SrH2]. The molecule has 0 rings (SSSR count). The minimum absolute atomic E-state index is 0. The van der Waals surface area contributed by atoms with Crippen molar-refractivity contribution < 1.29 is 41.6 Å². The summed E-state index contributed by atoms with van der Waals surface area (Å²) in [6.45, 7) is 0. The van der Waals surface area contributed by atoms with Gasteiger partial charge in [0.1, 0.15) is 0 Å². The summed E-state index contributed by atoms with van der Waals surface area (Å²) in [6.07, 6.45) is 0. The van der Waals surface area contributed by atoms with Crippen LogP contribution in [0.2, 0.25) is 0 Å². The maximum absolute atomic E-state index is 8.88. The zero-order valence-electron chi connectivity index (χ0n) is 2.64. The number of rotatable bonds is 0. The van der Waals surface area contributed by atoms with Crippen LogP contribution in [0.1, 0.15) is 0 Å². The normalized spacial score (nSPS) is 8.43. The molecule has 0 fully saturated rings. The Hall–Kier alpha value is 2.33. The Morgan fingerprint density at radius 2 is 1.14 bits per heavy atom. The summed E-state index contributed by atoms with van der Waals surface area (Å²) >= 11 is 0. The Kier molecular flexibility index (Phi) is 14.9. The fraction of sp³-hybridized carbons (Fsp3) is 0. The van der Waals surface area contributed by atoms with Crippen LogP contribution in [0.15, 0.2) is 0 Å². The van der Waals surface area contributed by atoms with Crippen LogP contribution < -0.4 is 0 Å². The van der Waals surface area contributed by atoms with Gasteiger partial charge in [0, 0.05) is 22.4 Å². The van der Waals surface area contributed by atoms with E-state index < -0.39 is 7.82 Å². The predicted octanol–water partition coefficient (Wildman–Crippen LogP) is -1.85. The Morgan fingerprint density at radius 1 is 1.14 bits per heavy atom. The summed E-state index contributed by atoms with van der Waals surface area (Å²) in [5.74, 6) is 0. The third-order valence-electron chi connectivity index (χ3n) is 0. The standard InChI is InChI=1S/Nb.H3O4P.Sr.2H/c;1-5(2,3)4;;;/h;(H3,1,2,3,4);;;. The van der Waals surface area contributed by atoms with Crippen LogP contribution in [0, 0.1) is 0 Å². The van der Waals surface area contributed by atoms with Gasteiger partial charge in [-0.05, 0) is 0 Å². The van der Waals surface area contributed by atoms with Gasteiger partial charge in [-0.3, -0.25) is 0 Å². The molecule has 0 saturated heterocycles. The molecule has 0 aromatic rings. The fourth-order valence-electron chi connectivity index (χ4n) is 0. The molecular weight excluding hydrogens is 275 g/mol. The molecule has 0 amide bonds. The first kappa shape index (κ1) is 16.2. The Bertz CT molecular complexity index is 57.8. The van der Waals surface area contributed by atoms with Crippen LogP contribution in [0.4, 0.5) is 0 Å². The van der Waals surface area contributed by atoms with Gasteiger partial charge in [0.05, 0.1) is 0 Å². The molecule has 0 unspecified atom stereocenters. The molecular formula is H5NbO4PSr. The first-order chi connectivity index (χ1) is 2.00. The predicted molar refractivity (Wildman–Crippen MR) is 22.8 cm³/mol. The van der Waals surface area contributed by atoms with E-state index in [2.05, 4.69) is 0 Å². The van der Waals surface area contributed by atoms with E-state index in [0.29, 0.717) is 0 Å². The number of hydrogen-bond donors (Lipinski definition) is 3. The van der Waals surface area contributed by atoms with Gasteiger partial charge < -0.3 is 14.7 Å². The fourth-order valence-corrected chi connectivity index (χ4v) is 0. The van der Waals surface area contributed by atoms with Crippen molar-refractivity contribution in [3.63, 3.8) is 0 Å². The summed E-state index contributed by atoms with van der Waals surface area (Å²) < 4.78 is 8.88. The Balaban J connectivity index is -0.0000000800. The zero-order valence-corrected chi connectivity index (χ0v) is 5.74. The molecule has 0 heterocycles. The van der Waals surface area contributed by atoms with Gasteiger partial charge in [0.25, 0.3) is 0 Å². The molecule has 0 aromatic heterocycles. The van der Waals surface area contributed by atoms with Crippen LogP contribution in [0.3, 0.4) is 0 Å². The summed E-state index contributed by atoms with van der Waals surface area (Å²) in [6, 6.07) is 0. The van der Waals surface area contributed by atoms with E-state index in [0.717, 1.165) is 0 Å². The van der Waals surface area contributed by atoms with Crippen molar-refractivity contribution in [3.05, 3.63) is 0 Å². The van der Waals surface area contributed by atoms with Crippen LogP contribution in [-0.2, 0) is 26.9 Å². The molecule has 0 aliphatic carbocycles. The van der Waals surface area contributed by atoms with Gasteiger partial charge in [-0.15, -0.1) is 0 Å². The molecule has 4 nitrogen and oxygen atoms in total. The second kappa shape index (κ2) is 6.45. The topological polar surface area (TPSA) is 77.8 Å². The van der Waals surface area contributed by atoms with Crippen molar-refractivity contribution in [2.75, 3.05) is 0 Å². The molecule has 7 heavy (non-hydrogen) atoms. The first-order valence-corrected chi connectivity index (χ1v) is 2.35. The quantitative estimate of drug-likeness (QED) is 0.360. The summed E-state index contributed by atoms with van der Waals surface area (Å²) in [4.78, 5) is 21.6. The van der Waals surface area contributed by atoms with Crippen LogP contribution in [-0.4, -0.2) is 60.2 Å². The molecule has 0 bridgehead atoms. The van der Waals surface area contributed by atoms with E-state index >= 15 is 0 Å². The summed E-state index contributed by atoms with van der Waals surface area (Å²) in [7, 11) is -4.64. The van der Waals surface area contributed by atoms with E-state index in [1.54, 1.807) is 0 Å². The molecule has 0 aliphatic rings. The Labute approximate surface area is 93.3 Å². The van der Waals surface area contributed by atoms with Gasteiger partial charge in [0.15, 0.2) is 0 Å². The van der Waals surface area contributed by atoms with E-state index in [1.807, 2.05) is 0 Å². The Morgan fingerprint density at radius 3 is 1.14 bits per heavy atom. The monoisotopic (exact) mass is 281 g/mol. The van der Waals surface area contributed by atoms with Crippen molar-refractivity contribution in [2.24, 2.45) is 0 Å². The number of hydrogen-bond acceptors (Lipinski definition) is 1. The van der Waals surface area contributed by atoms with Gasteiger partial charge in [0.2, 0.25) is 0 Å². The molecule has 0 aliphatic heterocycles. The van der Waals surface area contributed by atoms with Gasteiger partial charge >= 0.3 is 53.3 Å². The van der Waals surface area contributed by atoms with Crippen LogP contribution in [0.5, 0.6) is 0 Å². The second-order valence-corrected chi connectivity index (χ2v) is 1.54. The molecule has 0 atom stereocenters. The maximum atomic E-state index is 8.88. The van der Waals surface area contributed by atoms with E-state index in [9.17, 15) is 0 Å². The van der Waals surface area contributed by atoms with Crippen molar-refractivity contribution in [1.82, 2.24) is 0 Å². The van der Waals surface area contributed by atoms with E-state index in [4.69, 9.17) is 19.2 Å². The molecule has 0 saturated carbocycles. The van der Waals surface area contributed by atoms with E-state index in [1.165, 1.54) is 0 Å². The zero-order chi connectivity index (χ0) is 4.50. The van der Waals surface area contributed by atoms with Gasteiger partial charge in [-0.2, -0.15) is 0 Å². The van der Waals surface area contributed by atoms with Crippen molar-refractivity contribution in [2.45, 2.75) is 0 Å². The molecule has 41 valence electrons. The van der Waals surface area contributed by atoms with Crippen molar-refractivity contribution in [1.29, 1.82) is 0 Å². The van der Waals surface area contributed by atoms with Crippen LogP contribution >= 0.6 is 7.82 Å². The van der Waals surface area contributed by atoms with Gasteiger partial charge in [-0.25, -0.2) is 4.57 Å². The van der Waals surface area contributed by atoms with Crippen molar-refractivity contribution >= 4 is 53.3 Å². The average molecular weight is 281 g/mol. The van der Waals surface area contributed by atoms with Crippen molar-refractivity contribution in [3.8, 4) is 0 Å². The second-order valence-electron chi connectivity index (χ2n) is 0.513. The third-order valence-corrected chi connectivity index (χ3v) is 0. The molecule has 0 aromatic carbocycles. The third kappa shape index (κ3) is 61.5. The van der Waals surface area contributed by atoms with E-state index in [-0.39, 0.29) is 67.9 Å². The van der Waals surface area contributed by atoms with Crippen LogP contribution in [0.25, 0.3) is 0 Å². The molecule has 3 N–H and O–H groups in total.